The third kappa shape index (κ3) is 3.11. The van der Waals surface area contributed by atoms with Crippen LogP contribution in [-0.4, -0.2) is 11.6 Å². The van der Waals surface area contributed by atoms with Crippen LogP contribution in [-0.2, 0) is 11.4 Å². The van der Waals surface area contributed by atoms with Crippen LogP contribution < -0.4 is 9.75 Å². The van der Waals surface area contributed by atoms with Crippen molar-refractivity contribution < 1.29 is 9.53 Å². The van der Waals surface area contributed by atoms with Gasteiger partial charge in [0.15, 0.2) is 0 Å². The molecule has 0 fully saturated rings. The van der Waals surface area contributed by atoms with Gasteiger partial charge in [0.2, 0.25) is 0 Å². The molecule has 0 unspecified atom stereocenters. The van der Waals surface area contributed by atoms with Gasteiger partial charge in [-0.1, -0.05) is 30.3 Å². The van der Waals surface area contributed by atoms with E-state index in [9.17, 15) is 4.79 Å². The van der Waals surface area contributed by atoms with Crippen molar-refractivity contribution >= 4 is 17.3 Å². The highest BCUT2D eigenvalue weighted by Gasteiger charge is 2.22. The molecule has 0 atom stereocenters. The topological polar surface area (TPSA) is 41.9 Å². The van der Waals surface area contributed by atoms with Gasteiger partial charge in [-0.15, -0.1) is 0 Å². The molecule has 1 heterocycles. The molecule has 2 aromatic carbocycles. The second-order valence-electron chi connectivity index (χ2n) is 4.99. The van der Waals surface area contributed by atoms with Crippen LogP contribution >= 0.6 is 0 Å². The molecule has 0 radical (unpaired) electrons. The molecule has 21 heavy (non-hydrogen) atoms. The average Bonchev–Trinajstić information content (AvgIpc) is 2.85. The van der Waals surface area contributed by atoms with E-state index in [0.717, 1.165) is 22.7 Å². The maximum absolute atomic E-state index is 11.8. The van der Waals surface area contributed by atoms with Crippen molar-refractivity contribution in [2.75, 3.05) is 5.01 Å². The lowest BCUT2D eigenvalue weighted by Gasteiger charge is -2.12. The van der Waals surface area contributed by atoms with E-state index in [4.69, 9.17) is 4.74 Å². The highest BCUT2D eigenvalue weighted by atomic mass is 16.5. The van der Waals surface area contributed by atoms with E-state index in [-0.39, 0.29) is 5.91 Å². The number of benzene rings is 2. The van der Waals surface area contributed by atoms with Gasteiger partial charge in [0, 0.05) is 5.71 Å². The van der Waals surface area contributed by atoms with Crippen LogP contribution in [0.5, 0.6) is 5.75 Å². The summed E-state index contributed by atoms with van der Waals surface area (Å²) in [6.07, 6.45) is 0.395. The van der Waals surface area contributed by atoms with Crippen LogP contribution in [0, 0.1) is 0 Å². The zero-order valence-electron chi connectivity index (χ0n) is 11.8. The fraction of sp³-hybridized carbons (Fsp3) is 0.176. The summed E-state index contributed by atoms with van der Waals surface area (Å²) in [6.45, 7) is 2.38. The van der Waals surface area contributed by atoms with Crippen molar-refractivity contribution in [1.29, 1.82) is 0 Å². The number of hydrazone groups is 1. The molecular weight excluding hydrogens is 264 g/mol. The second-order valence-corrected chi connectivity index (χ2v) is 4.99. The van der Waals surface area contributed by atoms with Gasteiger partial charge in [-0.3, -0.25) is 4.79 Å². The number of rotatable bonds is 4. The summed E-state index contributed by atoms with van der Waals surface area (Å²) in [5.41, 5.74) is 2.73. The number of amides is 1. The molecule has 1 aliphatic heterocycles. The van der Waals surface area contributed by atoms with Gasteiger partial charge in [0.05, 0.1) is 12.1 Å². The summed E-state index contributed by atoms with van der Waals surface area (Å²) >= 11 is 0. The van der Waals surface area contributed by atoms with Crippen LogP contribution in [0.15, 0.2) is 59.7 Å². The third-order valence-corrected chi connectivity index (χ3v) is 3.24. The van der Waals surface area contributed by atoms with E-state index < -0.39 is 0 Å². The Hall–Kier alpha value is -2.62. The summed E-state index contributed by atoms with van der Waals surface area (Å²) in [4.78, 5) is 11.8. The van der Waals surface area contributed by atoms with Crippen molar-refractivity contribution in [2.45, 2.75) is 20.0 Å². The first-order valence-corrected chi connectivity index (χ1v) is 6.86. The quantitative estimate of drug-likeness (QED) is 0.861. The van der Waals surface area contributed by atoms with Gasteiger partial charge in [0.1, 0.15) is 12.4 Å². The molecule has 4 nitrogen and oxygen atoms in total. The molecule has 106 valence electrons. The standard InChI is InChI=1S/C17H16N2O2/c1-13-11-17(20)19(18-13)15-7-9-16(10-8-15)21-12-14-5-3-2-4-6-14/h2-10H,11-12H2,1H3. The molecule has 0 saturated heterocycles. The van der Waals surface area contributed by atoms with Crippen LogP contribution in [0.1, 0.15) is 18.9 Å². The van der Waals surface area contributed by atoms with Crippen LogP contribution in [0.4, 0.5) is 5.69 Å². The normalized spacial score (nSPS) is 14.2. The number of nitrogens with zero attached hydrogens (tertiary/aromatic N) is 2. The first kappa shape index (κ1) is 13.4. The minimum absolute atomic E-state index is 0.00505. The Morgan fingerprint density at radius 1 is 1.10 bits per heavy atom. The molecule has 1 amide bonds. The smallest absolute Gasteiger partial charge is 0.253 e. The van der Waals surface area contributed by atoms with Crippen molar-refractivity contribution in [1.82, 2.24) is 0 Å². The Kier molecular flexibility index (Phi) is 3.69. The summed E-state index contributed by atoms with van der Waals surface area (Å²) in [7, 11) is 0. The monoisotopic (exact) mass is 280 g/mol. The van der Waals surface area contributed by atoms with Gasteiger partial charge in [-0.25, -0.2) is 5.01 Å². The third-order valence-electron chi connectivity index (χ3n) is 3.24. The van der Waals surface area contributed by atoms with Crippen molar-refractivity contribution in [3.63, 3.8) is 0 Å². The first-order chi connectivity index (χ1) is 10.2. The summed E-state index contributed by atoms with van der Waals surface area (Å²) in [5, 5.41) is 5.66. The Labute approximate surface area is 123 Å². The Morgan fingerprint density at radius 2 is 1.81 bits per heavy atom. The van der Waals surface area contributed by atoms with Gasteiger partial charge in [0.25, 0.3) is 5.91 Å². The zero-order valence-corrected chi connectivity index (χ0v) is 11.8. The molecular formula is C17H16N2O2. The highest BCUT2D eigenvalue weighted by molar-refractivity contribution is 6.12. The van der Waals surface area contributed by atoms with E-state index in [1.165, 1.54) is 5.01 Å². The summed E-state index contributed by atoms with van der Waals surface area (Å²) < 4.78 is 5.72. The first-order valence-electron chi connectivity index (χ1n) is 6.86. The van der Waals surface area contributed by atoms with Gasteiger partial charge in [-0.05, 0) is 36.8 Å². The van der Waals surface area contributed by atoms with Crippen LogP contribution in [0.25, 0.3) is 0 Å². The predicted molar refractivity (Wildman–Crippen MR) is 82.4 cm³/mol. The number of anilines is 1. The lowest BCUT2D eigenvalue weighted by molar-refractivity contribution is -0.116. The number of carbonyl (C=O) groups is 1. The highest BCUT2D eigenvalue weighted by Crippen LogP contribution is 2.23. The van der Waals surface area contributed by atoms with Crippen molar-refractivity contribution in [2.24, 2.45) is 5.10 Å². The van der Waals surface area contributed by atoms with Gasteiger partial charge >= 0.3 is 0 Å². The fourth-order valence-corrected chi connectivity index (χ4v) is 2.18. The molecule has 2 aromatic rings. The molecule has 0 saturated carbocycles. The molecule has 0 aromatic heterocycles. The second kappa shape index (κ2) is 5.79. The van der Waals surface area contributed by atoms with Crippen molar-refractivity contribution in [3.8, 4) is 5.75 Å². The Morgan fingerprint density at radius 3 is 2.43 bits per heavy atom. The summed E-state index contributed by atoms with van der Waals surface area (Å²) in [6, 6.07) is 17.4. The molecule has 0 N–H and O–H groups in total. The lowest BCUT2D eigenvalue weighted by atomic mass is 10.2. The molecule has 0 bridgehead atoms. The number of carbonyl (C=O) groups excluding carboxylic acids is 1. The maximum Gasteiger partial charge on any atom is 0.253 e. The van der Waals surface area contributed by atoms with Crippen molar-refractivity contribution in [3.05, 3.63) is 60.2 Å². The largest absolute Gasteiger partial charge is 0.489 e. The van der Waals surface area contributed by atoms with E-state index >= 15 is 0 Å². The SMILES string of the molecule is CC1=NN(c2ccc(OCc3ccccc3)cc2)C(=O)C1. The minimum Gasteiger partial charge on any atom is -0.489 e. The zero-order chi connectivity index (χ0) is 14.7. The minimum atomic E-state index is 0.00505. The fourth-order valence-electron chi connectivity index (χ4n) is 2.18. The Bertz CT molecular complexity index is 663. The molecule has 0 spiro atoms. The van der Waals surface area contributed by atoms with Gasteiger partial charge < -0.3 is 4.74 Å². The molecule has 3 rings (SSSR count). The van der Waals surface area contributed by atoms with E-state index in [2.05, 4.69) is 5.10 Å². The average molecular weight is 280 g/mol. The number of hydrogen-bond acceptors (Lipinski definition) is 3. The predicted octanol–water partition coefficient (Wildman–Crippen LogP) is 3.38. The molecule has 0 aliphatic carbocycles. The van der Waals surface area contributed by atoms with E-state index in [0.29, 0.717) is 13.0 Å². The number of hydrogen-bond donors (Lipinski definition) is 0. The maximum atomic E-state index is 11.8. The lowest BCUT2D eigenvalue weighted by Crippen LogP contribution is -2.19. The van der Waals surface area contributed by atoms with E-state index in [1.807, 2.05) is 61.5 Å². The molecule has 1 aliphatic rings. The number of ether oxygens (including phenoxy) is 1. The molecule has 4 heteroatoms. The van der Waals surface area contributed by atoms with Crippen LogP contribution in [0.2, 0.25) is 0 Å². The van der Waals surface area contributed by atoms with Crippen LogP contribution in [0.3, 0.4) is 0 Å². The summed E-state index contributed by atoms with van der Waals surface area (Å²) in [5.74, 6) is 0.778. The van der Waals surface area contributed by atoms with Gasteiger partial charge in [-0.2, -0.15) is 5.10 Å². The Balaban J connectivity index is 1.66. The van der Waals surface area contributed by atoms with E-state index in [1.54, 1.807) is 0 Å².